The molecular formula is C13H16. The summed E-state index contributed by atoms with van der Waals surface area (Å²) in [6, 6.07) is 8.17. The lowest BCUT2D eigenvalue weighted by atomic mass is 10.00. The van der Waals surface area contributed by atoms with Crippen molar-refractivity contribution >= 4 is 12.2 Å². The first-order chi connectivity index (χ1) is 6.16. The van der Waals surface area contributed by atoms with Crippen molar-refractivity contribution in [3.05, 3.63) is 47.4 Å². The Morgan fingerprint density at radius 3 is 2.38 bits per heavy atom. The van der Waals surface area contributed by atoms with Crippen molar-refractivity contribution in [1.82, 2.24) is 0 Å². The second-order valence-electron chi connectivity index (χ2n) is 3.47. The lowest BCUT2D eigenvalue weighted by Crippen LogP contribution is -2.25. The molecule has 0 heteroatoms. The summed E-state index contributed by atoms with van der Waals surface area (Å²) in [5, 5.41) is 2.29. The standard InChI is InChI=1S/C13H16/c1-5-12(10(2)3)13-9-7-6-8-11(13)4/h5-10H,1,4H2,2-3H3/b13-12+. The van der Waals surface area contributed by atoms with E-state index in [1.807, 2.05) is 24.3 Å². The third-order valence-corrected chi connectivity index (χ3v) is 2.17. The average molecular weight is 172 g/mol. The Bertz CT molecular complexity index is 396. The Morgan fingerprint density at radius 1 is 1.31 bits per heavy atom. The van der Waals surface area contributed by atoms with Crippen LogP contribution in [0.5, 0.6) is 0 Å². The molecule has 68 valence electrons. The molecule has 0 saturated heterocycles. The minimum absolute atomic E-state index is 0.500. The van der Waals surface area contributed by atoms with Gasteiger partial charge in [0.2, 0.25) is 0 Å². The molecule has 1 aromatic carbocycles. The van der Waals surface area contributed by atoms with Gasteiger partial charge >= 0.3 is 0 Å². The molecule has 0 aliphatic heterocycles. The van der Waals surface area contributed by atoms with Crippen LogP contribution in [0, 0.1) is 5.92 Å². The molecular weight excluding hydrogens is 156 g/mol. The summed E-state index contributed by atoms with van der Waals surface area (Å²) in [6.07, 6.45) is 1.93. The monoisotopic (exact) mass is 172 g/mol. The van der Waals surface area contributed by atoms with Crippen LogP contribution >= 0.6 is 0 Å². The number of hydrogen-bond donors (Lipinski definition) is 0. The van der Waals surface area contributed by atoms with Crippen LogP contribution in [0.2, 0.25) is 0 Å². The molecule has 0 spiro atoms. The summed E-state index contributed by atoms with van der Waals surface area (Å²) >= 11 is 0. The van der Waals surface area contributed by atoms with Crippen molar-refractivity contribution in [2.24, 2.45) is 5.92 Å². The Hall–Kier alpha value is -1.30. The van der Waals surface area contributed by atoms with Gasteiger partial charge in [-0.3, -0.25) is 0 Å². The highest BCUT2D eigenvalue weighted by atomic mass is 14.0. The van der Waals surface area contributed by atoms with Crippen molar-refractivity contribution < 1.29 is 0 Å². The van der Waals surface area contributed by atoms with Crippen molar-refractivity contribution in [2.45, 2.75) is 13.8 Å². The van der Waals surface area contributed by atoms with Crippen LogP contribution in [0.15, 0.2) is 36.9 Å². The lowest BCUT2D eigenvalue weighted by Gasteiger charge is -2.05. The van der Waals surface area contributed by atoms with Crippen LogP contribution in [0.3, 0.4) is 0 Å². The van der Waals surface area contributed by atoms with E-state index in [4.69, 9.17) is 0 Å². The van der Waals surface area contributed by atoms with Gasteiger partial charge in [-0.25, -0.2) is 0 Å². The van der Waals surface area contributed by atoms with Gasteiger partial charge in [0.1, 0.15) is 0 Å². The second-order valence-corrected chi connectivity index (χ2v) is 3.47. The van der Waals surface area contributed by atoms with Crippen LogP contribution < -0.4 is 10.4 Å². The predicted molar refractivity (Wildman–Crippen MR) is 59.7 cm³/mol. The quantitative estimate of drug-likeness (QED) is 0.641. The molecule has 0 heterocycles. The Labute approximate surface area is 79.9 Å². The fourth-order valence-electron chi connectivity index (χ4n) is 1.46. The van der Waals surface area contributed by atoms with Crippen molar-refractivity contribution in [1.29, 1.82) is 0 Å². The molecule has 0 nitrogen and oxygen atoms in total. The van der Waals surface area contributed by atoms with Gasteiger partial charge in [0.25, 0.3) is 0 Å². The smallest absolute Gasteiger partial charge is 0.0155 e. The van der Waals surface area contributed by atoms with Gasteiger partial charge in [0.05, 0.1) is 0 Å². The Balaban J connectivity index is 3.55. The molecule has 1 aromatic rings. The molecule has 0 fully saturated rings. The molecule has 0 unspecified atom stereocenters. The Morgan fingerprint density at radius 2 is 1.92 bits per heavy atom. The van der Waals surface area contributed by atoms with Gasteiger partial charge in [-0.2, -0.15) is 0 Å². The molecule has 13 heavy (non-hydrogen) atoms. The fourth-order valence-corrected chi connectivity index (χ4v) is 1.46. The van der Waals surface area contributed by atoms with E-state index < -0.39 is 0 Å². The molecule has 0 N–H and O–H groups in total. The highest BCUT2D eigenvalue weighted by molar-refractivity contribution is 5.57. The number of rotatable bonds is 2. The fraction of sp³-hybridized carbons (Fsp3) is 0.231. The van der Waals surface area contributed by atoms with Gasteiger partial charge in [0.15, 0.2) is 0 Å². The SMILES string of the molecule is C=C/C(=c1/ccccc1=C)C(C)C. The summed E-state index contributed by atoms with van der Waals surface area (Å²) in [5.74, 6) is 0.500. The minimum Gasteiger partial charge on any atom is -0.0988 e. The van der Waals surface area contributed by atoms with E-state index in [0.29, 0.717) is 5.92 Å². The van der Waals surface area contributed by atoms with Crippen LogP contribution in [-0.4, -0.2) is 0 Å². The zero-order valence-electron chi connectivity index (χ0n) is 8.38. The summed E-state index contributed by atoms with van der Waals surface area (Å²) in [5.41, 5.74) is 1.27. The maximum absolute atomic E-state index is 4.00. The topological polar surface area (TPSA) is 0 Å². The Kier molecular flexibility index (Phi) is 3.07. The van der Waals surface area contributed by atoms with Gasteiger partial charge in [-0.05, 0) is 21.9 Å². The van der Waals surface area contributed by atoms with E-state index in [1.54, 1.807) is 0 Å². The predicted octanol–water partition coefficient (Wildman–Crippen LogP) is 2.09. The van der Waals surface area contributed by atoms with Crippen LogP contribution in [0.25, 0.3) is 12.2 Å². The summed E-state index contributed by atoms with van der Waals surface area (Å²) in [4.78, 5) is 0. The summed E-state index contributed by atoms with van der Waals surface area (Å²) in [7, 11) is 0. The highest BCUT2D eigenvalue weighted by Gasteiger charge is 1.98. The number of benzene rings is 1. The third-order valence-electron chi connectivity index (χ3n) is 2.17. The van der Waals surface area contributed by atoms with Gasteiger partial charge in [-0.15, -0.1) is 0 Å². The zero-order chi connectivity index (χ0) is 9.84. The molecule has 0 atom stereocenters. The molecule has 0 aliphatic rings. The maximum atomic E-state index is 4.00. The highest BCUT2D eigenvalue weighted by Crippen LogP contribution is 2.08. The van der Waals surface area contributed by atoms with Crippen LogP contribution in [0.1, 0.15) is 13.8 Å². The average Bonchev–Trinajstić information content (AvgIpc) is 2.09. The van der Waals surface area contributed by atoms with Crippen molar-refractivity contribution in [3.63, 3.8) is 0 Å². The van der Waals surface area contributed by atoms with Crippen molar-refractivity contribution in [2.75, 3.05) is 0 Å². The van der Waals surface area contributed by atoms with Crippen molar-refractivity contribution in [3.8, 4) is 0 Å². The van der Waals surface area contributed by atoms with E-state index in [0.717, 1.165) is 5.22 Å². The van der Waals surface area contributed by atoms with E-state index >= 15 is 0 Å². The molecule has 0 radical (unpaired) electrons. The first-order valence-corrected chi connectivity index (χ1v) is 4.57. The number of hydrogen-bond acceptors (Lipinski definition) is 0. The largest absolute Gasteiger partial charge is 0.0988 e. The first kappa shape index (κ1) is 9.79. The summed E-state index contributed by atoms with van der Waals surface area (Å²) in [6.45, 7) is 12.2. The minimum atomic E-state index is 0.500. The first-order valence-electron chi connectivity index (χ1n) is 4.57. The van der Waals surface area contributed by atoms with Crippen LogP contribution in [-0.2, 0) is 0 Å². The van der Waals surface area contributed by atoms with E-state index in [1.165, 1.54) is 10.8 Å². The maximum Gasteiger partial charge on any atom is -0.0155 e. The van der Waals surface area contributed by atoms with Crippen LogP contribution in [0.4, 0.5) is 0 Å². The van der Waals surface area contributed by atoms with E-state index in [-0.39, 0.29) is 0 Å². The summed E-state index contributed by atoms with van der Waals surface area (Å²) < 4.78 is 0. The third kappa shape index (κ3) is 2.09. The molecule has 0 bridgehead atoms. The van der Waals surface area contributed by atoms with E-state index in [2.05, 4.69) is 33.1 Å². The molecule has 0 saturated carbocycles. The van der Waals surface area contributed by atoms with Gasteiger partial charge < -0.3 is 0 Å². The zero-order valence-corrected chi connectivity index (χ0v) is 8.38. The molecule has 0 aromatic heterocycles. The lowest BCUT2D eigenvalue weighted by molar-refractivity contribution is 0.855. The van der Waals surface area contributed by atoms with Gasteiger partial charge in [-0.1, -0.05) is 57.3 Å². The van der Waals surface area contributed by atoms with E-state index in [9.17, 15) is 0 Å². The number of allylic oxidation sites excluding steroid dienone is 1. The van der Waals surface area contributed by atoms with Gasteiger partial charge in [0, 0.05) is 0 Å². The normalized spacial score (nSPS) is 12.8. The molecule has 0 aliphatic carbocycles. The second kappa shape index (κ2) is 4.08. The molecule has 0 amide bonds. The molecule has 1 rings (SSSR count).